The zero-order valence-corrected chi connectivity index (χ0v) is 13.0. The van der Waals surface area contributed by atoms with Gasteiger partial charge in [-0.25, -0.2) is 9.97 Å². The first-order chi connectivity index (χ1) is 7.70. The van der Waals surface area contributed by atoms with Crippen molar-refractivity contribution in [3.05, 3.63) is 22.2 Å². The summed E-state index contributed by atoms with van der Waals surface area (Å²) in [6, 6.07) is 0. The summed E-state index contributed by atoms with van der Waals surface area (Å²) in [7, 11) is 0. The van der Waals surface area contributed by atoms with Gasteiger partial charge in [0.15, 0.2) is 0 Å². The number of halogens is 1. The lowest BCUT2D eigenvalue weighted by molar-refractivity contribution is 0.794. The van der Waals surface area contributed by atoms with Crippen LogP contribution >= 0.6 is 23.4 Å². The Morgan fingerprint density at radius 2 is 1.82 bits per heavy atom. The Labute approximate surface area is 114 Å². The molecule has 0 unspecified atom stereocenters. The van der Waals surface area contributed by atoms with Crippen molar-refractivity contribution in [3.8, 4) is 0 Å². The summed E-state index contributed by atoms with van der Waals surface area (Å²) >= 11 is 8.05. The fraction of sp³-hybridized carbons (Fsp3) is 0.692. The van der Waals surface area contributed by atoms with Gasteiger partial charge in [-0.3, -0.25) is 0 Å². The SMILES string of the molecule is Cc1nc(CSC(C)(C)C)nc(Cl)c1C(C)C. The number of aryl methyl sites for hydroxylation is 1. The average Bonchev–Trinajstić information content (AvgIpc) is 2.11. The minimum absolute atomic E-state index is 0.223. The highest BCUT2D eigenvalue weighted by atomic mass is 35.5. The standard InChI is InChI=1S/C13H21ClN2S/c1-8(2)11-9(3)15-10(16-12(11)14)7-17-13(4,5)6/h8H,7H2,1-6H3. The third-order valence-corrected chi connectivity index (χ3v) is 3.90. The molecular weight excluding hydrogens is 252 g/mol. The lowest BCUT2D eigenvalue weighted by atomic mass is 10.0. The molecule has 0 N–H and O–H groups in total. The molecule has 4 heteroatoms. The van der Waals surface area contributed by atoms with Gasteiger partial charge in [0, 0.05) is 16.0 Å². The van der Waals surface area contributed by atoms with Gasteiger partial charge in [-0.1, -0.05) is 46.2 Å². The summed E-state index contributed by atoms with van der Waals surface area (Å²) in [5.74, 6) is 2.01. The predicted octanol–water partition coefficient (Wildman–Crippen LogP) is 4.59. The summed E-state index contributed by atoms with van der Waals surface area (Å²) in [6.07, 6.45) is 0. The largest absolute Gasteiger partial charge is 0.237 e. The van der Waals surface area contributed by atoms with Gasteiger partial charge in [0.25, 0.3) is 0 Å². The lowest BCUT2D eigenvalue weighted by Crippen LogP contribution is -2.10. The van der Waals surface area contributed by atoms with Crippen molar-refractivity contribution in [2.45, 2.75) is 58.0 Å². The summed E-state index contributed by atoms with van der Waals surface area (Å²) in [4.78, 5) is 8.93. The fourth-order valence-electron chi connectivity index (χ4n) is 1.60. The van der Waals surface area contributed by atoms with Crippen LogP contribution in [0.1, 0.15) is 57.6 Å². The first-order valence-corrected chi connectivity index (χ1v) is 7.24. The third-order valence-electron chi connectivity index (χ3n) is 2.35. The summed E-state index contributed by atoms with van der Waals surface area (Å²) in [5, 5.41) is 0.608. The molecule has 1 aromatic heterocycles. The van der Waals surface area contributed by atoms with E-state index < -0.39 is 0 Å². The van der Waals surface area contributed by atoms with E-state index in [0.717, 1.165) is 22.8 Å². The van der Waals surface area contributed by atoms with Gasteiger partial charge < -0.3 is 0 Å². The third kappa shape index (κ3) is 4.47. The van der Waals surface area contributed by atoms with Gasteiger partial charge in [0.2, 0.25) is 0 Å². The molecule has 1 heterocycles. The van der Waals surface area contributed by atoms with Crippen molar-refractivity contribution < 1.29 is 0 Å². The molecule has 96 valence electrons. The van der Waals surface area contributed by atoms with Crippen LogP contribution < -0.4 is 0 Å². The number of hydrogen-bond donors (Lipinski definition) is 0. The molecule has 1 aromatic rings. The molecule has 0 aliphatic heterocycles. The Morgan fingerprint density at radius 1 is 1.24 bits per heavy atom. The van der Waals surface area contributed by atoms with Gasteiger partial charge in [-0.05, 0) is 12.8 Å². The second-order valence-electron chi connectivity index (χ2n) is 5.49. The quantitative estimate of drug-likeness (QED) is 0.753. The first kappa shape index (κ1) is 14.8. The normalized spacial score (nSPS) is 12.2. The zero-order chi connectivity index (χ0) is 13.2. The van der Waals surface area contributed by atoms with Gasteiger partial charge >= 0.3 is 0 Å². The van der Waals surface area contributed by atoms with Gasteiger partial charge in [0.05, 0.1) is 5.75 Å². The number of thioether (sulfide) groups is 1. The molecule has 0 radical (unpaired) electrons. The maximum atomic E-state index is 6.22. The Bertz CT molecular complexity index is 374. The van der Waals surface area contributed by atoms with E-state index in [1.165, 1.54) is 0 Å². The number of nitrogens with zero attached hydrogens (tertiary/aromatic N) is 2. The number of rotatable bonds is 3. The second-order valence-corrected chi connectivity index (χ2v) is 7.65. The van der Waals surface area contributed by atoms with Crippen molar-refractivity contribution >= 4 is 23.4 Å². The summed E-state index contributed by atoms with van der Waals surface area (Å²) in [6.45, 7) is 12.8. The van der Waals surface area contributed by atoms with Crippen LogP contribution in [0.2, 0.25) is 5.15 Å². The van der Waals surface area contributed by atoms with E-state index in [-0.39, 0.29) is 4.75 Å². The fourth-order valence-corrected chi connectivity index (χ4v) is 2.75. The average molecular weight is 273 g/mol. The Balaban J connectivity index is 2.91. The van der Waals surface area contributed by atoms with Crippen LogP contribution in [0.3, 0.4) is 0 Å². The van der Waals surface area contributed by atoms with E-state index in [9.17, 15) is 0 Å². The molecule has 0 aliphatic carbocycles. The molecule has 0 saturated carbocycles. The van der Waals surface area contributed by atoms with E-state index in [2.05, 4.69) is 44.6 Å². The van der Waals surface area contributed by atoms with E-state index in [0.29, 0.717) is 11.1 Å². The minimum Gasteiger partial charge on any atom is -0.237 e. The number of hydrogen-bond acceptors (Lipinski definition) is 3. The maximum absolute atomic E-state index is 6.22. The zero-order valence-electron chi connectivity index (χ0n) is 11.5. The van der Waals surface area contributed by atoms with Crippen LogP contribution in [0.25, 0.3) is 0 Å². The lowest BCUT2D eigenvalue weighted by Gasteiger charge is -2.18. The molecule has 17 heavy (non-hydrogen) atoms. The van der Waals surface area contributed by atoms with Gasteiger partial charge in [-0.2, -0.15) is 0 Å². The van der Waals surface area contributed by atoms with Crippen molar-refractivity contribution in [2.24, 2.45) is 0 Å². The molecule has 0 aliphatic rings. The van der Waals surface area contributed by atoms with Crippen molar-refractivity contribution in [1.82, 2.24) is 9.97 Å². The van der Waals surface area contributed by atoms with Crippen LogP contribution in [0.5, 0.6) is 0 Å². The Morgan fingerprint density at radius 3 is 2.24 bits per heavy atom. The smallest absolute Gasteiger partial charge is 0.140 e. The van der Waals surface area contributed by atoms with Crippen molar-refractivity contribution in [1.29, 1.82) is 0 Å². The maximum Gasteiger partial charge on any atom is 0.140 e. The molecule has 0 spiro atoms. The van der Waals surface area contributed by atoms with E-state index in [1.54, 1.807) is 0 Å². The van der Waals surface area contributed by atoms with Crippen LogP contribution in [0, 0.1) is 6.92 Å². The van der Waals surface area contributed by atoms with Crippen LogP contribution in [0.15, 0.2) is 0 Å². The van der Waals surface area contributed by atoms with E-state index in [1.807, 2.05) is 18.7 Å². The monoisotopic (exact) mass is 272 g/mol. The molecule has 2 nitrogen and oxygen atoms in total. The number of aromatic nitrogens is 2. The predicted molar refractivity (Wildman–Crippen MR) is 76.9 cm³/mol. The van der Waals surface area contributed by atoms with Crippen LogP contribution in [-0.4, -0.2) is 14.7 Å². The molecule has 0 fully saturated rings. The minimum atomic E-state index is 0.223. The highest BCUT2D eigenvalue weighted by Gasteiger charge is 2.15. The molecule has 0 aromatic carbocycles. The topological polar surface area (TPSA) is 25.8 Å². The molecule has 0 bridgehead atoms. The Kier molecular flexibility index (Phi) is 4.85. The Hall–Kier alpha value is -0.280. The van der Waals surface area contributed by atoms with Crippen molar-refractivity contribution in [2.75, 3.05) is 0 Å². The molecule has 0 atom stereocenters. The second kappa shape index (κ2) is 5.57. The highest BCUT2D eigenvalue weighted by molar-refractivity contribution is 7.99. The summed E-state index contributed by atoms with van der Waals surface area (Å²) < 4.78 is 0.223. The van der Waals surface area contributed by atoms with Gasteiger partial charge in [-0.15, -0.1) is 11.8 Å². The van der Waals surface area contributed by atoms with E-state index in [4.69, 9.17) is 11.6 Å². The van der Waals surface area contributed by atoms with Crippen molar-refractivity contribution in [3.63, 3.8) is 0 Å². The highest BCUT2D eigenvalue weighted by Crippen LogP contribution is 2.29. The molecule has 0 saturated heterocycles. The summed E-state index contributed by atoms with van der Waals surface area (Å²) in [5.41, 5.74) is 2.07. The van der Waals surface area contributed by atoms with Gasteiger partial charge in [0.1, 0.15) is 11.0 Å². The molecule has 0 amide bonds. The van der Waals surface area contributed by atoms with Crippen LogP contribution in [-0.2, 0) is 5.75 Å². The first-order valence-electron chi connectivity index (χ1n) is 5.87. The van der Waals surface area contributed by atoms with Crippen LogP contribution in [0.4, 0.5) is 0 Å². The van der Waals surface area contributed by atoms with E-state index >= 15 is 0 Å². The molecule has 1 rings (SSSR count). The molecular formula is C13H21ClN2S.